The Balaban J connectivity index is 1.12. The Morgan fingerprint density at radius 2 is 1.97 bits per heavy atom. The fourth-order valence-corrected chi connectivity index (χ4v) is 6.93. The largest absolute Gasteiger partial charge is 0.352 e. The van der Waals surface area contributed by atoms with Gasteiger partial charge in [-0.1, -0.05) is 6.92 Å². The average Bonchev–Trinajstić information content (AvgIpc) is 3.37. The van der Waals surface area contributed by atoms with Crippen LogP contribution in [0.25, 0.3) is 0 Å². The maximum atomic E-state index is 14.4. The van der Waals surface area contributed by atoms with Crippen molar-refractivity contribution in [2.45, 2.75) is 101 Å². The molecule has 5 fully saturated rings. The van der Waals surface area contributed by atoms with Crippen LogP contribution in [0, 0.1) is 11.8 Å². The van der Waals surface area contributed by atoms with Gasteiger partial charge < -0.3 is 26.2 Å². The van der Waals surface area contributed by atoms with Crippen molar-refractivity contribution in [3.8, 4) is 0 Å². The third-order valence-electron chi connectivity index (χ3n) is 8.89. The lowest BCUT2D eigenvalue weighted by Crippen LogP contribution is -2.56. The molecule has 31 heavy (non-hydrogen) atoms. The average molecular weight is 436 g/mol. The van der Waals surface area contributed by atoms with Crippen LogP contribution in [0.3, 0.4) is 0 Å². The predicted octanol–water partition coefficient (Wildman–Crippen LogP) is 1.68. The highest BCUT2D eigenvalue weighted by atomic mass is 19.1. The smallest absolute Gasteiger partial charge is 0.315 e. The number of hydrogen-bond donors (Lipinski definition) is 4. The van der Waals surface area contributed by atoms with Crippen LogP contribution in [0.4, 0.5) is 9.18 Å². The van der Waals surface area contributed by atoms with E-state index in [1.54, 1.807) is 0 Å². The summed E-state index contributed by atoms with van der Waals surface area (Å²) in [5, 5.41) is 12.8. The molecule has 0 aromatic heterocycles. The Kier molecular flexibility index (Phi) is 5.88. The van der Waals surface area contributed by atoms with Gasteiger partial charge in [0.05, 0.1) is 11.6 Å². The highest BCUT2D eigenvalue weighted by molar-refractivity contribution is 5.82. The number of likely N-dealkylation sites (tertiary alicyclic amines) is 1. The Bertz CT molecular complexity index is 679. The van der Waals surface area contributed by atoms with Gasteiger partial charge in [-0.25, -0.2) is 9.18 Å². The van der Waals surface area contributed by atoms with E-state index >= 15 is 0 Å². The molecule has 174 valence electrons. The third-order valence-corrected chi connectivity index (χ3v) is 8.89. The highest BCUT2D eigenvalue weighted by Crippen LogP contribution is 2.39. The van der Waals surface area contributed by atoms with Gasteiger partial charge in [-0.3, -0.25) is 4.79 Å². The maximum Gasteiger partial charge on any atom is 0.315 e. The van der Waals surface area contributed by atoms with Crippen molar-refractivity contribution in [1.29, 1.82) is 0 Å². The summed E-state index contributed by atoms with van der Waals surface area (Å²) in [6.07, 6.45) is 7.70. The standard InChI is InChI=1S/C23H38FN5O2/c1-14-5-6-18(24)17-12-19(27-20(14)17)21(30)26-15-3-2-4-16(11-15)29-9-7-23(8-10-29)13-25-22(31)28-23/h14-20,27H,2-13H2,1H3,(H,26,30)(H2,25,28,31)/t14?,15-,16?,17?,18?,19?,20?/m1/s1. The number of rotatable bonds is 3. The quantitative estimate of drug-likeness (QED) is 0.543. The minimum Gasteiger partial charge on any atom is -0.352 e. The van der Waals surface area contributed by atoms with E-state index in [4.69, 9.17) is 0 Å². The molecule has 7 atom stereocenters. The molecular weight excluding hydrogens is 397 g/mol. The van der Waals surface area contributed by atoms with E-state index in [2.05, 4.69) is 33.1 Å². The monoisotopic (exact) mass is 435 g/mol. The van der Waals surface area contributed by atoms with Gasteiger partial charge in [-0.15, -0.1) is 0 Å². The van der Waals surface area contributed by atoms with Gasteiger partial charge in [0.1, 0.15) is 6.17 Å². The van der Waals surface area contributed by atoms with Crippen LogP contribution in [0.1, 0.15) is 64.7 Å². The number of fused-ring (bicyclic) bond motifs is 1. The Morgan fingerprint density at radius 1 is 1.16 bits per heavy atom. The second-order valence-electron chi connectivity index (χ2n) is 10.9. The molecule has 0 aromatic carbocycles. The summed E-state index contributed by atoms with van der Waals surface area (Å²) in [5.74, 6) is 0.498. The van der Waals surface area contributed by atoms with Gasteiger partial charge >= 0.3 is 6.03 Å². The number of alkyl halides is 1. The van der Waals surface area contributed by atoms with Crippen LogP contribution in [0.5, 0.6) is 0 Å². The molecule has 3 saturated heterocycles. The number of carbonyl (C=O) groups is 2. The normalized spacial score (nSPS) is 42.6. The van der Waals surface area contributed by atoms with E-state index in [1.165, 1.54) is 6.42 Å². The van der Waals surface area contributed by atoms with Gasteiger partial charge in [-0.05, 0) is 63.7 Å². The number of carbonyl (C=O) groups excluding carboxylic acids is 2. The van der Waals surface area contributed by atoms with E-state index in [9.17, 15) is 14.0 Å². The third kappa shape index (κ3) is 4.30. The van der Waals surface area contributed by atoms with Crippen molar-refractivity contribution < 1.29 is 14.0 Å². The van der Waals surface area contributed by atoms with Crippen molar-refractivity contribution in [3.63, 3.8) is 0 Å². The molecule has 2 aliphatic carbocycles. The molecular formula is C23H38FN5O2. The Labute approximate surface area is 184 Å². The first-order chi connectivity index (χ1) is 14.9. The topological polar surface area (TPSA) is 85.5 Å². The van der Waals surface area contributed by atoms with Gasteiger partial charge in [0, 0.05) is 43.7 Å². The first-order valence-corrected chi connectivity index (χ1v) is 12.4. The van der Waals surface area contributed by atoms with Gasteiger partial charge in [-0.2, -0.15) is 0 Å². The molecule has 3 heterocycles. The molecule has 6 unspecified atom stereocenters. The summed E-state index contributed by atoms with van der Waals surface area (Å²) in [6, 6.07) is 0.559. The summed E-state index contributed by atoms with van der Waals surface area (Å²) in [4.78, 5) is 27.1. The summed E-state index contributed by atoms with van der Waals surface area (Å²) in [7, 11) is 0. The van der Waals surface area contributed by atoms with Crippen LogP contribution in [-0.2, 0) is 4.79 Å². The fraction of sp³-hybridized carbons (Fsp3) is 0.913. The molecule has 8 heteroatoms. The second-order valence-corrected chi connectivity index (χ2v) is 10.9. The summed E-state index contributed by atoms with van der Waals surface area (Å²) in [6.45, 7) is 4.91. The van der Waals surface area contributed by atoms with E-state index in [0.717, 1.165) is 58.2 Å². The second kappa shape index (κ2) is 8.50. The van der Waals surface area contributed by atoms with Gasteiger partial charge in [0.2, 0.25) is 5.91 Å². The number of amides is 3. The summed E-state index contributed by atoms with van der Waals surface area (Å²) >= 11 is 0. The molecule has 3 amide bonds. The maximum absolute atomic E-state index is 14.4. The van der Waals surface area contributed by atoms with Crippen molar-refractivity contribution in [3.05, 3.63) is 0 Å². The van der Waals surface area contributed by atoms with Crippen LogP contribution in [0.2, 0.25) is 0 Å². The molecule has 7 nitrogen and oxygen atoms in total. The lowest BCUT2D eigenvalue weighted by molar-refractivity contribution is -0.124. The van der Waals surface area contributed by atoms with E-state index in [1.807, 2.05) is 0 Å². The van der Waals surface area contributed by atoms with Crippen molar-refractivity contribution in [2.75, 3.05) is 19.6 Å². The Hall–Kier alpha value is -1.41. The van der Waals surface area contributed by atoms with Crippen LogP contribution in [-0.4, -0.2) is 72.4 Å². The van der Waals surface area contributed by atoms with E-state index in [0.29, 0.717) is 24.8 Å². The molecule has 5 aliphatic rings. The summed E-state index contributed by atoms with van der Waals surface area (Å²) < 4.78 is 14.4. The number of nitrogens with one attached hydrogen (secondary N) is 4. The molecule has 2 saturated carbocycles. The lowest BCUT2D eigenvalue weighted by atomic mass is 9.77. The first-order valence-electron chi connectivity index (χ1n) is 12.4. The highest BCUT2D eigenvalue weighted by Gasteiger charge is 2.47. The Morgan fingerprint density at radius 3 is 2.68 bits per heavy atom. The zero-order valence-electron chi connectivity index (χ0n) is 18.7. The number of halogens is 1. The molecule has 0 aromatic rings. The minimum atomic E-state index is -0.771. The van der Waals surface area contributed by atoms with Gasteiger partial charge in [0.15, 0.2) is 0 Å². The number of piperidine rings is 1. The SMILES string of the molecule is CC1CCC(F)C2CC(C(=O)N[C@@H]3CCCC(N4CCC5(CC4)CNC(=O)N5)C3)NC12. The van der Waals surface area contributed by atoms with Crippen molar-refractivity contribution >= 4 is 11.9 Å². The van der Waals surface area contributed by atoms with Crippen LogP contribution >= 0.6 is 0 Å². The fourth-order valence-electron chi connectivity index (χ4n) is 6.93. The predicted molar refractivity (Wildman–Crippen MR) is 116 cm³/mol. The molecule has 5 rings (SSSR count). The minimum absolute atomic E-state index is 0.00940. The zero-order valence-corrected chi connectivity index (χ0v) is 18.7. The van der Waals surface area contributed by atoms with Crippen molar-refractivity contribution in [2.24, 2.45) is 11.8 Å². The van der Waals surface area contributed by atoms with Crippen LogP contribution in [0.15, 0.2) is 0 Å². The summed E-state index contributed by atoms with van der Waals surface area (Å²) in [5.41, 5.74) is -0.0633. The number of nitrogens with zero attached hydrogens (tertiary/aromatic N) is 1. The zero-order chi connectivity index (χ0) is 21.6. The molecule has 4 N–H and O–H groups in total. The number of urea groups is 1. The molecule has 3 aliphatic heterocycles. The number of hydrogen-bond acceptors (Lipinski definition) is 4. The van der Waals surface area contributed by atoms with Crippen LogP contribution < -0.4 is 21.3 Å². The first kappa shape index (κ1) is 21.4. The van der Waals surface area contributed by atoms with E-state index < -0.39 is 6.17 Å². The van der Waals surface area contributed by atoms with E-state index in [-0.39, 0.29) is 41.5 Å². The van der Waals surface area contributed by atoms with Gasteiger partial charge in [0.25, 0.3) is 0 Å². The lowest BCUT2D eigenvalue weighted by Gasteiger charge is -2.44. The molecule has 0 radical (unpaired) electrons. The molecule has 0 bridgehead atoms. The molecule has 1 spiro atoms. The van der Waals surface area contributed by atoms with Crippen molar-refractivity contribution in [1.82, 2.24) is 26.2 Å².